The maximum atomic E-state index is 16.1. The van der Waals surface area contributed by atoms with Crippen LogP contribution in [-0.4, -0.2) is 146 Å². The second-order valence-corrected chi connectivity index (χ2v) is 41.7. The first kappa shape index (κ1) is 126. The number of nitrogens with two attached hydrogens (primary N) is 1. The van der Waals surface area contributed by atoms with Crippen molar-refractivity contribution >= 4 is 190 Å². The van der Waals surface area contributed by atoms with E-state index in [2.05, 4.69) is 90.0 Å². The number of halogens is 13. The van der Waals surface area contributed by atoms with Crippen molar-refractivity contribution in [1.29, 1.82) is 0 Å². The minimum absolute atomic E-state index is 0. The molecule has 0 aliphatic carbocycles. The minimum atomic E-state index is -4.56. The van der Waals surface area contributed by atoms with Crippen molar-refractivity contribution in [1.82, 2.24) is 44.2 Å². The molecule has 52 heteroatoms. The van der Waals surface area contributed by atoms with E-state index in [1.165, 1.54) is 180 Å². The quantitative estimate of drug-likeness (QED) is 0.0134. The van der Waals surface area contributed by atoms with Gasteiger partial charge in [-0.15, -0.1) is 0 Å². The predicted molar refractivity (Wildman–Crippen MR) is 514 cm³/mol. The maximum absolute atomic E-state index is 16.1. The van der Waals surface area contributed by atoms with Crippen molar-refractivity contribution in [2.24, 2.45) is 11.7 Å². The Labute approximate surface area is 929 Å². The molecule has 4 radical (unpaired) electrons. The number of piperidine rings is 2. The number of sulfonamides is 2. The average molecular weight is 2310 g/mol. The van der Waals surface area contributed by atoms with Gasteiger partial charge in [0.25, 0.3) is 20.9 Å². The first-order valence-corrected chi connectivity index (χ1v) is 50.8. The number of hydrogen-bond donors (Lipinski definition) is 3. The van der Waals surface area contributed by atoms with E-state index in [1.54, 1.807) is 78.9 Å². The van der Waals surface area contributed by atoms with Gasteiger partial charge in [-0.05, 0) is 214 Å². The van der Waals surface area contributed by atoms with Gasteiger partial charge in [0.2, 0.25) is 55.4 Å². The fourth-order valence-electron chi connectivity index (χ4n) is 14.0. The van der Waals surface area contributed by atoms with Crippen LogP contribution in [-0.2, 0) is 88.8 Å². The van der Waals surface area contributed by atoms with E-state index in [1.807, 2.05) is 4.72 Å². The molecule has 4 bridgehead atoms. The average Bonchev–Trinajstić information content (AvgIpc) is 1.56. The number of nitrogens with zero attached hydrogens (tertiary/aromatic N) is 7. The van der Waals surface area contributed by atoms with Gasteiger partial charge in [0.05, 0.1) is 39.8 Å². The van der Waals surface area contributed by atoms with E-state index in [-0.39, 0.29) is 178 Å². The standard InChI is InChI=1S/C28H27BrClF2N3O4S.C27H26BrClF2N4O4S.C11H7Cl2NO3S.C11H7ClNO3S.C6H4O2S.C5H3Cl2N.B2.3Na.3H2O/c1-17-14-21-7-8-22(15-17)35(21)27(36)26(28(31,32)18-2-4-19(29)5-3-18)34-40(37,38)24-11-9-23(10-12-24)39-25-13-6-20(30)16-33-25;28-17-3-1-16(2-4-17)27(30,31)25(26(36)35-20-6-7-21(35)14-19(32)13-20)34-40(37,38)23-10-8-22(9-11-23)39-24-12-5-18(29)15-33-24;12-8-1-6-11(14-7-8)17-9-2-4-10(5-3-9)18(13,15)16;12-8-1-6-11(13-7-8)16-9-2-4-10(5-3-9)17(14)15;7-9(8)6-4-2-1-3-5-6;6-4-1-2-5(7)8-3-4;1-2;;;;;;/h2-6,9-13,16-17,21-22,26,34H,7-8,14-15H2,1H3;1-5,8-12,15,19-21,25,34H,6-7,13-14,32H2;1-7H;1-7H;2-5H;1-3H;;;;;3*1H2/q;;;-1;-2;;;3*+1;;;/p-3. The number of ether oxygens (including phenoxy) is 4. The molecule has 9 heterocycles. The van der Waals surface area contributed by atoms with Crippen LogP contribution in [0.4, 0.5) is 17.6 Å². The van der Waals surface area contributed by atoms with E-state index in [0.29, 0.717) is 125 Å². The normalized spacial score (nSPS) is 16.3. The SMILES string of the molecule is CC1CC2CCC(C1)N2C(=O)C(NS(=O)(=O)c1ccc(Oc2ccc(Cl)cn2)cc1)C(F)(F)c1ccc(Br)cc1.Clc1ccc(Cl)nc1.NC1CC2CCC(C1)N2C(=O)C(NS(=O)(=O)c1ccc(Oc2ccc(Cl)cn2)cc1)C(F)(F)c1ccc(Br)cc1.O=S(=O)(Cl)c1ccc(Oc2ccc(Cl)cn2)cc1.O=[S-](=O)c1cc[c-]cc1.O=[S-](=O)c1ccc(Oc2ccc(Cl)cn2)cc1.[B][B].[Na+].[Na+].[Na+].[OH-].[OH-].[OH-]. The molecule has 12 aromatic rings. The van der Waals surface area contributed by atoms with Crippen LogP contribution >= 0.6 is 112 Å². The number of aromatic nitrogens is 5. The van der Waals surface area contributed by atoms with Gasteiger partial charge in [-0.1, -0.05) is 160 Å². The Morgan fingerprint density at radius 3 is 0.957 bits per heavy atom. The summed E-state index contributed by atoms with van der Waals surface area (Å²) in [4.78, 5) is 50.1. The molecule has 2 amide bonds. The Hall–Kier alpha value is -6.22. The summed E-state index contributed by atoms with van der Waals surface area (Å²) in [5.74, 6) is -6.46. The van der Waals surface area contributed by atoms with Gasteiger partial charge in [0.1, 0.15) is 28.2 Å². The number of amides is 2. The number of alkyl halides is 4. The molecule has 0 saturated carbocycles. The fraction of sp³-hybridized carbons (Fsp3) is 0.216. The van der Waals surface area contributed by atoms with Crippen molar-refractivity contribution in [2.75, 3.05) is 0 Å². The summed E-state index contributed by atoms with van der Waals surface area (Å²) in [6, 6.07) is 51.5. The minimum Gasteiger partial charge on any atom is -0.870 e. The molecule has 726 valence electrons. The zero-order valence-corrected chi connectivity index (χ0v) is 92.3. The number of carbonyl (C=O) groups excluding carboxylic acids is 2. The smallest absolute Gasteiger partial charge is 0.870 e. The molecule has 7 aromatic carbocycles. The van der Waals surface area contributed by atoms with Gasteiger partial charge < -0.3 is 67.7 Å². The van der Waals surface area contributed by atoms with Crippen molar-refractivity contribution in [2.45, 2.75) is 137 Å². The maximum Gasteiger partial charge on any atom is 1.00 e. The third-order valence-electron chi connectivity index (χ3n) is 20.1. The molecular formula is C88H77B2Br2Cl7F4N10Na3O19S5-3. The number of hydrogen-bond acceptors (Lipinski definition) is 27. The van der Waals surface area contributed by atoms with Crippen molar-refractivity contribution in [3.63, 3.8) is 0 Å². The summed E-state index contributed by atoms with van der Waals surface area (Å²) in [6.07, 6.45) is 12.3. The van der Waals surface area contributed by atoms with E-state index in [0.717, 1.165) is 12.1 Å². The summed E-state index contributed by atoms with van der Waals surface area (Å²) < 4.78 is 209. The van der Waals surface area contributed by atoms with Gasteiger partial charge in [0, 0.05) is 132 Å². The molecule has 5 aromatic heterocycles. The molecule has 140 heavy (non-hydrogen) atoms. The molecule has 6 unspecified atom stereocenters. The summed E-state index contributed by atoms with van der Waals surface area (Å²) in [6.45, 7) is 2.08. The number of pyridine rings is 5. The summed E-state index contributed by atoms with van der Waals surface area (Å²) in [5, 5.41) is 2.95. The van der Waals surface area contributed by atoms with Crippen molar-refractivity contribution in [3.05, 3.63) is 318 Å². The monoisotopic (exact) mass is 2310 g/mol. The molecule has 4 aliphatic rings. The van der Waals surface area contributed by atoms with Gasteiger partial charge in [-0.2, -0.15) is 62.2 Å². The summed E-state index contributed by atoms with van der Waals surface area (Å²) in [5.41, 5.74) is 5.16. The van der Waals surface area contributed by atoms with Crippen LogP contribution in [0.5, 0.6) is 46.5 Å². The van der Waals surface area contributed by atoms with Crippen molar-refractivity contribution in [3.8, 4) is 46.5 Å². The molecule has 16 rings (SSSR count). The first-order chi connectivity index (χ1) is 63.6. The number of rotatable bonds is 23. The topological polar surface area (TPSA) is 453 Å². The Balaban J connectivity index is 0.000000377. The van der Waals surface area contributed by atoms with Crippen LogP contribution in [0.1, 0.15) is 69.4 Å². The van der Waals surface area contributed by atoms with Crippen LogP contribution in [0, 0.1) is 12.0 Å². The number of nitrogens with one attached hydrogen (secondary N) is 2. The Morgan fingerprint density at radius 2 is 0.700 bits per heavy atom. The van der Waals surface area contributed by atoms with Gasteiger partial charge in [0.15, 0.2) is 12.1 Å². The Bertz CT molecular complexity index is 6200. The van der Waals surface area contributed by atoms with Gasteiger partial charge >= 0.3 is 88.7 Å². The van der Waals surface area contributed by atoms with Crippen LogP contribution in [0.3, 0.4) is 0 Å². The number of carbonyl (C=O) groups is 2. The number of fused-ring (bicyclic) bond motifs is 4. The van der Waals surface area contributed by atoms with E-state index >= 15 is 17.6 Å². The Kier molecular flexibility index (Phi) is 53.1. The second kappa shape index (κ2) is 58.9. The van der Waals surface area contributed by atoms with Crippen LogP contribution in [0.25, 0.3) is 0 Å². The third kappa shape index (κ3) is 37.3. The summed E-state index contributed by atoms with van der Waals surface area (Å²) in [7, 11) is -3.95. The molecule has 0 spiro atoms. The fourth-order valence-corrected chi connectivity index (χ4v) is 19.1. The molecule has 4 fully saturated rings. The largest absolute Gasteiger partial charge is 1.00 e. The van der Waals surface area contributed by atoms with Crippen molar-refractivity contribution < 1.29 is 193 Å². The van der Waals surface area contributed by atoms with E-state index in [4.69, 9.17) is 105 Å². The molecule has 4 aliphatic heterocycles. The summed E-state index contributed by atoms with van der Waals surface area (Å²) >= 11 is 40.4. The zero-order valence-electron chi connectivity index (χ0n) is 73.8. The van der Waals surface area contributed by atoms with E-state index < -0.39 is 97.4 Å². The van der Waals surface area contributed by atoms with E-state index in [9.17, 15) is 51.7 Å². The van der Waals surface area contributed by atoms with Crippen LogP contribution < -0.4 is 123 Å². The second-order valence-electron chi connectivity index (χ2n) is 29.4. The number of benzene rings is 7. The third-order valence-corrected chi connectivity index (χ3v) is 28.1. The van der Waals surface area contributed by atoms with Gasteiger partial charge in [-0.3, -0.25) is 9.59 Å². The predicted octanol–water partition coefficient (Wildman–Crippen LogP) is 11.6. The molecule has 7 N–H and O–H groups in total. The van der Waals surface area contributed by atoms with Gasteiger partial charge in [-0.25, -0.2) is 50.2 Å². The Morgan fingerprint density at radius 1 is 0.429 bits per heavy atom. The van der Waals surface area contributed by atoms with Crippen LogP contribution in [0.2, 0.25) is 30.3 Å². The molecule has 6 atom stereocenters. The molecule has 4 saturated heterocycles. The van der Waals surface area contributed by atoms with Crippen LogP contribution in [0.15, 0.2) is 295 Å². The molecule has 29 nitrogen and oxygen atoms in total. The molecular weight excluding hydrogens is 2240 g/mol. The zero-order chi connectivity index (χ0) is 97.4. The first-order valence-electron chi connectivity index (χ1n) is 39.6.